The van der Waals surface area contributed by atoms with E-state index in [9.17, 15) is 18.4 Å². The third-order valence-electron chi connectivity index (χ3n) is 2.69. The van der Waals surface area contributed by atoms with Crippen LogP contribution in [0.1, 0.15) is 16.9 Å². The molecule has 110 valence electrons. The Morgan fingerprint density at radius 2 is 2.05 bits per heavy atom. The molecule has 0 aliphatic carbocycles. The number of carbonyl (C=O) groups excluding carboxylic acids is 1. The number of anilines is 1. The summed E-state index contributed by atoms with van der Waals surface area (Å²) in [5, 5.41) is 14.9. The minimum atomic E-state index is -1.16. The number of nitrogens with one attached hydrogen (secondary N) is 1. The van der Waals surface area contributed by atoms with E-state index in [0.29, 0.717) is 6.07 Å². The maximum atomic E-state index is 13.3. The van der Waals surface area contributed by atoms with Crippen molar-refractivity contribution in [3.8, 4) is 0 Å². The van der Waals surface area contributed by atoms with E-state index in [0.717, 1.165) is 16.8 Å². The van der Waals surface area contributed by atoms with Gasteiger partial charge in [-0.3, -0.25) is 9.48 Å². The molecule has 2 rings (SSSR count). The van der Waals surface area contributed by atoms with Crippen molar-refractivity contribution in [2.75, 3.05) is 5.32 Å². The smallest absolute Gasteiger partial charge is 0.354 e. The molecule has 8 heteroatoms. The van der Waals surface area contributed by atoms with Crippen molar-refractivity contribution >= 4 is 17.6 Å². The summed E-state index contributed by atoms with van der Waals surface area (Å²) in [5.74, 6) is -3.31. The highest BCUT2D eigenvalue weighted by Crippen LogP contribution is 2.15. The van der Waals surface area contributed by atoms with E-state index in [1.807, 2.05) is 0 Å². The van der Waals surface area contributed by atoms with Gasteiger partial charge >= 0.3 is 5.97 Å². The highest BCUT2D eigenvalue weighted by Gasteiger charge is 2.12. The van der Waals surface area contributed by atoms with Crippen LogP contribution >= 0.6 is 0 Å². The predicted octanol–water partition coefficient (Wildman–Crippen LogP) is 1.89. The van der Waals surface area contributed by atoms with Crippen molar-refractivity contribution in [1.29, 1.82) is 0 Å². The monoisotopic (exact) mass is 295 g/mol. The topological polar surface area (TPSA) is 84.2 Å². The number of amides is 1. The molecule has 0 fully saturated rings. The zero-order valence-corrected chi connectivity index (χ0v) is 10.7. The van der Waals surface area contributed by atoms with E-state index in [4.69, 9.17) is 5.11 Å². The van der Waals surface area contributed by atoms with Gasteiger partial charge in [0.15, 0.2) is 0 Å². The number of aromatic nitrogens is 2. The lowest BCUT2D eigenvalue weighted by molar-refractivity contribution is -0.116. The molecule has 0 radical (unpaired) electrons. The van der Waals surface area contributed by atoms with E-state index in [1.165, 1.54) is 12.3 Å². The number of nitrogens with zero attached hydrogens (tertiary/aromatic N) is 2. The van der Waals surface area contributed by atoms with Crippen molar-refractivity contribution in [2.24, 2.45) is 0 Å². The van der Waals surface area contributed by atoms with Crippen molar-refractivity contribution in [3.05, 3.63) is 47.8 Å². The van der Waals surface area contributed by atoms with Crippen molar-refractivity contribution in [1.82, 2.24) is 9.78 Å². The summed E-state index contributed by atoms with van der Waals surface area (Å²) in [6, 6.07) is 4.10. The fourth-order valence-electron chi connectivity index (χ4n) is 1.70. The van der Waals surface area contributed by atoms with Crippen LogP contribution < -0.4 is 5.32 Å². The number of hydrogen-bond donors (Lipinski definition) is 2. The second-order valence-electron chi connectivity index (χ2n) is 4.17. The summed E-state index contributed by atoms with van der Waals surface area (Å²) in [4.78, 5) is 22.5. The minimum Gasteiger partial charge on any atom is -0.477 e. The summed E-state index contributed by atoms with van der Waals surface area (Å²) < 4.78 is 27.2. The Labute approximate surface area is 118 Å². The molecule has 0 bridgehead atoms. The van der Waals surface area contributed by atoms with Crippen LogP contribution in [-0.4, -0.2) is 26.8 Å². The molecule has 2 N–H and O–H groups in total. The van der Waals surface area contributed by atoms with Crippen molar-refractivity contribution in [2.45, 2.75) is 13.0 Å². The lowest BCUT2D eigenvalue weighted by Crippen LogP contribution is -2.18. The Bertz CT molecular complexity index is 685. The number of aryl methyl sites for hydroxylation is 1. The first-order valence-electron chi connectivity index (χ1n) is 5.97. The molecule has 2 aromatic rings. The lowest BCUT2D eigenvalue weighted by atomic mass is 10.3. The first-order chi connectivity index (χ1) is 9.97. The zero-order chi connectivity index (χ0) is 15.4. The van der Waals surface area contributed by atoms with Gasteiger partial charge in [0, 0.05) is 18.7 Å². The van der Waals surface area contributed by atoms with Gasteiger partial charge in [-0.2, -0.15) is 5.10 Å². The number of benzene rings is 1. The first-order valence-corrected chi connectivity index (χ1v) is 5.97. The number of hydrogen-bond acceptors (Lipinski definition) is 3. The second-order valence-corrected chi connectivity index (χ2v) is 4.17. The van der Waals surface area contributed by atoms with Crippen molar-refractivity contribution < 1.29 is 23.5 Å². The van der Waals surface area contributed by atoms with Crippen LogP contribution in [0.25, 0.3) is 0 Å². The van der Waals surface area contributed by atoms with Gasteiger partial charge in [0.2, 0.25) is 5.91 Å². The third kappa shape index (κ3) is 3.62. The van der Waals surface area contributed by atoms with Crippen LogP contribution in [0, 0.1) is 11.6 Å². The van der Waals surface area contributed by atoms with Gasteiger partial charge in [-0.15, -0.1) is 0 Å². The highest BCUT2D eigenvalue weighted by atomic mass is 19.1. The zero-order valence-electron chi connectivity index (χ0n) is 10.7. The fourth-order valence-corrected chi connectivity index (χ4v) is 1.70. The predicted molar refractivity (Wildman–Crippen MR) is 68.8 cm³/mol. The summed E-state index contributed by atoms with van der Waals surface area (Å²) >= 11 is 0. The molecule has 0 saturated heterocycles. The first kappa shape index (κ1) is 14.6. The van der Waals surface area contributed by atoms with Gasteiger partial charge in [0.05, 0.1) is 12.2 Å². The average molecular weight is 295 g/mol. The van der Waals surface area contributed by atoms with E-state index >= 15 is 0 Å². The van der Waals surface area contributed by atoms with Crippen molar-refractivity contribution in [3.63, 3.8) is 0 Å². The van der Waals surface area contributed by atoms with Crippen LogP contribution in [0.3, 0.4) is 0 Å². The summed E-state index contributed by atoms with van der Waals surface area (Å²) in [7, 11) is 0. The van der Waals surface area contributed by atoms with E-state index in [1.54, 1.807) is 0 Å². The van der Waals surface area contributed by atoms with Gasteiger partial charge in [-0.25, -0.2) is 13.6 Å². The second kappa shape index (κ2) is 6.12. The van der Waals surface area contributed by atoms with E-state index < -0.39 is 23.5 Å². The molecule has 0 aliphatic rings. The van der Waals surface area contributed by atoms with Crippen LogP contribution in [0.2, 0.25) is 0 Å². The van der Waals surface area contributed by atoms with Gasteiger partial charge in [-0.05, 0) is 18.2 Å². The molecule has 1 amide bonds. The molecule has 1 aromatic heterocycles. The molecule has 1 heterocycles. The molecule has 1 aromatic carbocycles. The normalized spacial score (nSPS) is 10.4. The quantitative estimate of drug-likeness (QED) is 0.882. The largest absolute Gasteiger partial charge is 0.477 e. The molecule has 0 spiro atoms. The molecule has 21 heavy (non-hydrogen) atoms. The van der Waals surface area contributed by atoms with Gasteiger partial charge in [0.25, 0.3) is 0 Å². The Morgan fingerprint density at radius 3 is 2.71 bits per heavy atom. The Hall–Kier alpha value is -2.77. The molecule has 0 unspecified atom stereocenters. The number of rotatable bonds is 5. The number of carboxylic acid groups (broad SMARTS) is 1. The molecule has 0 aliphatic heterocycles. The summed E-state index contributed by atoms with van der Waals surface area (Å²) in [6.07, 6.45) is 1.21. The molecular weight excluding hydrogens is 284 g/mol. The minimum absolute atomic E-state index is 0.0310. The Morgan fingerprint density at radius 1 is 1.29 bits per heavy atom. The molecular formula is C13H11F2N3O3. The molecule has 0 atom stereocenters. The average Bonchev–Trinajstić information content (AvgIpc) is 2.88. The number of aromatic carboxylic acids is 1. The number of carbonyl (C=O) groups is 2. The maximum absolute atomic E-state index is 13.3. The molecule has 6 nitrogen and oxygen atoms in total. The lowest BCUT2D eigenvalue weighted by Gasteiger charge is -2.07. The maximum Gasteiger partial charge on any atom is 0.354 e. The van der Waals surface area contributed by atoms with Gasteiger partial charge in [-0.1, -0.05) is 0 Å². The Kier molecular flexibility index (Phi) is 4.27. The summed E-state index contributed by atoms with van der Waals surface area (Å²) in [5.41, 5.74) is -0.184. The van der Waals surface area contributed by atoms with E-state index in [2.05, 4.69) is 10.4 Å². The number of halogens is 2. The SMILES string of the molecule is O=C(CCn1nccc1C(=O)O)Nc1ccc(F)cc1F. The highest BCUT2D eigenvalue weighted by molar-refractivity contribution is 5.91. The van der Waals surface area contributed by atoms with Crippen LogP contribution in [-0.2, 0) is 11.3 Å². The standard InChI is InChI=1S/C13H11F2N3O3/c14-8-1-2-10(9(15)7-8)17-12(19)4-6-18-11(13(20)21)3-5-16-18/h1-3,5,7H,4,6H2,(H,17,19)(H,20,21). The van der Waals surface area contributed by atoms with E-state index in [-0.39, 0.29) is 24.3 Å². The fraction of sp³-hybridized carbons (Fsp3) is 0.154. The number of carboxylic acids is 1. The Balaban J connectivity index is 1.96. The van der Waals surface area contributed by atoms with Gasteiger partial charge < -0.3 is 10.4 Å². The van der Waals surface area contributed by atoms with Crippen LogP contribution in [0.15, 0.2) is 30.5 Å². The third-order valence-corrected chi connectivity index (χ3v) is 2.69. The van der Waals surface area contributed by atoms with Crippen LogP contribution in [0.4, 0.5) is 14.5 Å². The summed E-state index contributed by atoms with van der Waals surface area (Å²) in [6.45, 7) is 0.0310. The molecule has 0 saturated carbocycles. The van der Waals surface area contributed by atoms with Crippen LogP contribution in [0.5, 0.6) is 0 Å². The van der Waals surface area contributed by atoms with Gasteiger partial charge in [0.1, 0.15) is 17.3 Å².